The lowest BCUT2D eigenvalue weighted by molar-refractivity contribution is 0.147. The van der Waals surface area contributed by atoms with Gasteiger partial charge in [-0.15, -0.1) is 22.9 Å². The van der Waals surface area contributed by atoms with E-state index in [-0.39, 0.29) is 15.8 Å². The molecule has 0 aliphatic rings. The molecule has 0 saturated carbocycles. The Morgan fingerprint density at radius 1 is 1.33 bits per heavy atom. The second kappa shape index (κ2) is 7.89. The first-order valence-electron chi connectivity index (χ1n) is 5.05. The summed E-state index contributed by atoms with van der Waals surface area (Å²) in [6.07, 6.45) is 0.561. The number of rotatable bonds is 8. The summed E-state index contributed by atoms with van der Waals surface area (Å²) in [5.74, 6) is 0.425. The summed E-state index contributed by atoms with van der Waals surface area (Å²) in [7, 11) is -3.60. The van der Waals surface area contributed by atoms with Crippen LogP contribution in [0.3, 0.4) is 0 Å². The van der Waals surface area contributed by atoms with Crippen molar-refractivity contribution in [1.82, 2.24) is 4.72 Å². The second-order valence-corrected chi connectivity index (χ2v) is 7.64. The Hall–Kier alpha value is 0.440. The van der Waals surface area contributed by atoms with Gasteiger partial charge in [-0.25, -0.2) is 13.1 Å². The number of nitrogens with one attached hydrogen (secondary N) is 1. The quantitative estimate of drug-likeness (QED) is 0.578. The van der Waals surface area contributed by atoms with Gasteiger partial charge in [0.05, 0.1) is 10.9 Å². The summed E-state index contributed by atoms with van der Waals surface area (Å²) in [6, 6.07) is 1.33. The zero-order chi connectivity index (χ0) is 13.6. The van der Waals surface area contributed by atoms with E-state index in [2.05, 4.69) is 4.72 Å². The average Bonchev–Trinajstić information content (AvgIpc) is 2.63. The van der Waals surface area contributed by atoms with Crippen molar-refractivity contribution >= 4 is 56.2 Å². The Balaban J connectivity index is 2.43. The summed E-state index contributed by atoms with van der Waals surface area (Å²) < 4.78 is 31.7. The lowest BCUT2D eigenvalue weighted by atomic mass is 10.5. The first kappa shape index (κ1) is 16.5. The molecule has 0 aromatic carbocycles. The maximum atomic E-state index is 11.8. The third-order valence-electron chi connectivity index (χ3n) is 1.89. The minimum Gasteiger partial charge on any atom is -0.380 e. The van der Waals surface area contributed by atoms with Crippen molar-refractivity contribution in [2.75, 3.05) is 25.6 Å². The topological polar surface area (TPSA) is 55.4 Å². The highest BCUT2D eigenvalue weighted by molar-refractivity contribution is 7.89. The Bertz CT molecular complexity index is 475. The van der Waals surface area contributed by atoms with Crippen LogP contribution in [0.5, 0.6) is 0 Å². The molecule has 104 valence electrons. The smallest absolute Gasteiger partial charge is 0.242 e. The molecule has 1 heterocycles. The fraction of sp³-hybridized carbons (Fsp3) is 0.556. The third kappa shape index (κ3) is 5.21. The molecular weight excluding hydrogens is 341 g/mol. The minimum absolute atomic E-state index is 0.0147. The molecule has 0 radical (unpaired) electrons. The number of hydrogen-bond donors (Lipinski definition) is 1. The molecule has 0 saturated heterocycles. The third-order valence-corrected chi connectivity index (χ3v) is 5.26. The Labute approximate surface area is 125 Å². The number of ether oxygens (including phenoxy) is 1. The molecule has 0 atom stereocenters. The molecule has 0 fully saturated rings. The van der Waals surface area contributed by atoms with Crippen LogP contribution in [0, 0.1) is 0 Å². The van der Waals surface area contributed by atoms with Gasteiger partial charge in [-0.2, -0.15) is 0 Å². The van der Waals surface area contributed by atoms with Crippen molar-refractivity contribution in [3.05, 3.63) is 14.7 Å². The Kier molecular flexibility index (Phi) is 7.23. The monoisotopic (exact) mass is 351 g/mol. The fourth-order valence-corrected chi connectivity index (χ4v) is 4.45. The number of alkyl halides is 1. The van der Waals surface area contributed by atoms with E-state index in [1.165, 1.54) is 6.07 Å². The molecule has 0 bridgehead atoms. The average molecular weight is 353 g/mol. The molecule has 0 amide bonds. The van der Waals surface area contributed by atoms with Gasteiger partial charge < -0.3 is 4.74 Å². The normalized spacial score (nSPS) is 11.9. The highest BCUT2D eigenvalue weighted by Gasteiger charge is 2.20. The molecule has 1 aromatic rings. The van der Waals surface area contributed by atoms with Crippen LogP contribution < -0.4 is 4.72 Å². The van der Waals surface area contributed by atoms with E-state index in [0.717, 1.165) is 11.3 Å². The molecular formula is C9H12Cl3NO3S2. The van der Waals surface area contributed by atoms with Gasteiger partial charge in [0.2, 0.25) is 10.0 Å². The van der Waals surface area contributed by atoms with Crippen LogP contribution in [0.1, 0.15) is 6.42 Å². The van der Waals surface area contributed by atoms with Crippen LogP contribution in [-0.2, 0) is 14.8 Å². The van der Waals surface area contributed by atoms with Gasteiger partial charge in [0.15, 0.2) is 0 Å². The highest BCUT2D eigenvalue weighted by atomic mass is 35.5. The van der Waals surface area contributed by atoms with E-state index >= 15 is 0 Å². The lowest BCUT2D eigenvalue weighted by Gasteiger charge is -2.05. The Morgan fingerprint density at radius 2 is 2.06 bits per heavy atom. The summed E-state index contributed by atoms with van der Waals surface area (Å²) >= 11 is 17.9. The maximum Gasteiger partial charge on any atom is 0.242 e. The predicted molar refractivity (Wildman–Crippen MR) is 75.7 cm³/mol. The van der Waals surface area contributed by atoms with Crippen molar-refractivity contribution in [3.63, 3.8) is 0 Å². The zero-order valence-corrected chi connectivity index (χ0v) is 13.2. The molecule has 0 unspecified atom stereocenters. The number of hydrogen-bond acceptors (Lipinski definition) is 4. The Morgan fingerprint density at radius 3 is 2.61 bits per heavy atom. The van der Waals surface area contributed by atoms with E-state index < -0.39 is 10.0 Å². The minimum atomic E-state index is -3.60. The van der Waals surface area contributed by atoms with Gasteiger partial charge in [-0.05, 0) is 12.5 Å². The van der Waals surface area contributed by atoms with Gasteiger partial charge in [0.25, 0.3) is 0 Å². The van der Waals surface area contributed by atoms with Crippen molar-refractivity contribution in [3.8, 4) is 0 Å². The van der Waals surface area contributed by atoms with Crippen LogP contribution in [0.2, 0.25) is 8.67 Å². The van der Waals surface area contributed by atoms with E-state index in [4.69, 9.17) is 39.5 Å². The van der Waals surface area contributed by atoms with Gasteiger partial charge in [0, 0.05) is 19.0 Å². The summed E-state index contributed by atoms with van der Waals surface area (Å²) in [5.41, 5.74) is 0. The van der Waals surface area contributed by atoms with Gasteiger partial charge >= 0.3 is 0 Å². The number of thiophene rings is 1. The van der Waals surface area contributed by atoms with Crippen LogP contribution in [0.15, 0.2) is 11.0 Å². The van der Waals surface area contributed by atoms with Gasteiger partial charge in [-0.1, -0.05) is 23.2 Å². The van der Waals surface area contributed by atoms with Crippen molar-refractivity contribution in [2.45, 2.75) is 11.3 Å². The summed E-state index contributed by atoms with van der Waals surface area (Å²) in [6.45, 7) is 1.18. The fourth-order valence-electron chi connectivity index (χ4n) is 1.12. The first-order valence-corrected chi connectivity index (χ1v) is 8.64. The number of halogens is 3. The maximum absolute atomic E-state index is 11.8. The summed E-state index contributed by atoms with van der Waals surface area (Å²) in [4.78, 5) is 0.0147. The van der Waals surface area contributed by atoms with Crippen LogP contribution in [0.4, 0.5) is 0 Å². The van der Waals surface area contributed by atoms with E-state index in [0.29, 0.717) is 29.9 Å². The van der Waals surface area contributed by atoms with E-state index in [1.54, 1.807) is 0 Å². The highest BCUT2D eigenvalue weighted by Crippen LogP contribution is 2.33. The molecule has 1 N–H and O–H groups in total. The lowest BCUT2D eigenvalue weighted by Crippen LogP contribution is -2.25. The SMILES string of the molecule is O=S(=O)(NCCCOCCCl)c1cc(Cl)sc1Cl. The number of sulfonamides is 1. The van der Waals surface area contributed by atoms with Gasteiger partial charge in [-0.3, -0.25) is 0 Å². The molecule has 0 spiro atoms. The predicted octanol–water partition coefficient (Wildman–Crippen LogP) is 2.98. The summed E-state index contributed by atoms with van der Waals surface area (Å²) in [5, 5.41) is 0. The van der Waals surface area contributed by atoms with Crippen LogP contribution >= 0.6 is 46.1 Å². The van der Waals surface area contributed by atoms with Crippen LogP contribution in [0.25, 0.3) is 0 Å². The zero-order valence-electron chi connectivity index (χ0n) is 9.29. The largest absolute Gasteiger partial charge is 0.380 e. The van der Waals surface area contributed by atoms with Crippen molar-refractivity contribution in [1.29, 1.82) is 0 Å². The molecule has 0 aliphatic carbocycles. The second-order valence-electron chi connectivity index (χ2n) is 3.24. The molecule has 18 heavy (non-hydrogen) atoms. The standard InChI is InChI=1S/C9H12Cl3NO3S2/c10-2-5-16-4-1-3-13-18(14,15)7-6-8(11)17-9(7)12/h6,13H,1-5H2. The van der Waals surface area contributed by atoms with E-state index in [1.807, 2.05) is 0 Å². The van der Waals surface area contributed by atoms with Crippen molar-refractivity contribution < 1.29 is 13.2 Å². The molecule has 0 aliphatic heterocycles. The molecule has 1 rings (SSSR count). The molecule has 1 aromatic heterocycles. The molecule has 4 nitrogen and oxygen atoms in total. The van der Waals surface area contributed by atoms with E-state index in [9.17, 15) is 8.42 Å². The van der Waals surface area contributed by atoms with Crippen LogP contribution in [-0.4, -0.2) is 34.1 Å². The first-order chi connectivity index (χ1) is 8.47. The van der Waals surface area contributed by atoms with Gasteiger partial charge in [0.1, 0.15) is 9.23 Å². The van der Waals surface area contributed by atoms with Crippen molar-refractivity contribution in [2.24, 2.45) is 0 Å². The molecule has 9 heteroatoms.